The van der Waals surface area contributed by atoms with Crippen LogP contribution in [0, 0.1) is 6.92 Å². The molecule has 1 heterocycles. The van der Waals surface area contributed by atoms with Gasteiger partial charge in [0, 0.05) is 46.3 Å². The van der Waals surface area contributed by atoms with Gasteiger partial charge in [0.25, 0.3) is 0 Å². The summed E-state index contributed by atoms with van der Waals surface area (Å²) >= 11 is 7.03. The van der Waals surface area contributed by atoms with Gasteiger partial charge in [-0.25, -0.2) is 0 Å². The molecule has 0 amide bonds. The van der Waals surface area contributed by atoms with Crippen LogP contribution in [0.2, 0.25) is 0 Å². The quantitative estimate of drug-likeness (QED) is 0.235. The van der Waals surface area contributed by atoms with Crippen LogP contribution in [-0.2, 0) is 7.05 Å². The molecule has 3 heteroatoms. The molecule has 194 valence electrons. The summed E-state index contributed by atoms with van der Waals surface area (Å²) in [5.74, 6) is 0. The molecule has 0 atom stereocenters. The Labute approximate surface area is 235 Å². The third kappa shape index (κ3) is 4.75. The van der Waals surface area contributed by atoms with Crippen LogP contribution in [0.15, 0.2) is 100 Å². The number of halogens is 1. The molecule has 0 saturated heterocycles. The van der Waals surface area contributed by atoms with Gasteiger partial charge in [0.05, 0.1) is 5.71 Å². The molecule has 2 nitrogen and oxygen atoms in total. The molecule has 0 saturated carbocycles. The van der Waals surface area contributed by atoms with E-state index in [-0.39, 0.29) is 0 Å². The summed E-state index contributed by atoms with van der Waals surface area (Å²) in [4.78, 5) is 4.64. The van der Waals surface area contributed by atoms with Crippen LogP contribution in [0.25, 0.3) is 39.9 Å². The van der Waals surface area contributed by atoms with E-state index in [0.717, 1.165) is 42.0 Å². The lowest BCUT2D eigenvalue weighted by molar-refractivity contribution is 0.792. The van der Waals surface area contributed by atoms with Crippen LogP contribution in [0.4, 0.5) is 0 Å². The maximum atomic E-state index is 7.03. The van der Waals surface area contributed by atoms with Crippen molar-refractivity contribution >= 4 is 57.2 Å². The first-order valence-corrected chi connectivity index (χ1v) is 14.1. The Morgan fingerprint density at radius 1 is 1.00 bits per heavy atom. The molecule has 2 aliphatic carbocycles. The number of aliphatic imine (C=N–C) groups is 1. The van der Waals surface area contributed by atoms with E-state index in [2.05, 4.69) is 121 Å². The van der Waals surface area contributed by atoms with Gasteiger partial charge in [-0.3, -0.25) is 4.99 Å². The van der Waals surface area contributed by atoms with E-state index < -0.39 is 0 Å². The minimum atomic E-state index is 0.867. The van der Waals surface area contributed by atoms with E-state index in [0.29, 0.717) is 0 Å². The highest BCUT2D eigenvalue weighted by Crippen LogP contribution is 2.34. The average molecular weight is 529 g/mol. The predicted molar refractivity (Wildman–Crippen MR) is 170 cm³/mol. The zero-order valence-corrected chi connectivity index (χ0v) is 23.6. The molecule has 2 aliphatic rings. The molecule has 1 aromatic heterocycles. The summed E-state index contributed by atoms with van der Waals surface area (Å²) in [6.07, 6.45) is 21.6. The van der Waals surface area contributed by atoms with E-state index in [1.807, 2.05) is 7.05 Å². The van der Waals surface area contributed by atoms with E-state index in [1.54, 1.807) is 0 Å². The molecule has 4 aromatic rings. The first-order chi connectivity index (χ1) is 19.0. The van der Waals surface area contributed by atoms with E-state index in [9.17, 15) is 0 Å². The number of hydrogen-bond acceptors (Lipinski definition) is 1. The maximum Gasteiger partial charge on any atom is 0.0649 e. The largest absolute Gasteiger partial charge is 0.344 e. The fourth-order valence-electron chi connectivity index (χ4n) is 5.99. The Hall–Kier alpha value is -3.88. The third-order valence-electron chi connectivity index (χ3n) is 7.95. The normalized spacial score (nSPS) is 17.8. The van der Waals surface area contributed by atoms with Crippen LogP contribution < -0.4 is 5.35 Å². The number of hydrogen-bond donors (Lipinski definition) is 0. The number of rotatable bonds is 4. The number of nitrogens with zero attached hydrogens (tertiary/aromatic N) is 2. The van der Waals surface area contributed by atoms with Gasteiger partial charge in [0.2, 0.25) is 0 Å². The molecular weight excluding hydrogens is 496 g/mol. The summed E-state index contributed by atoms with van der Waals surface area (Å²) < 4.78 is 2.30. The lowest BCUT2D eigenvalue weighted by Crippen LogP contribution is -2.12. The Bertz CT molecular complexity index is 1840. The number of aromatic nitrogens is 1. The number of aryl methyl sites for hydroxylation is 2. The highest BCUT2D eigenvalue weighted by Gasteiger charge is 2.15. The maximum absolute atomic E-state index is 7.03. The Kier molecular flexibility index (Phi) is 6.97. The minimum Gasteiger partial charge on any atom is -0.344 e. The Morgan fingerprint density at radius 3 is 2.72 bits per heavy atom. The summed E-state index contributed by atoms with van der Waals surface area (Å²) in [7, 11) is 4.02. The van der Waals surface area contributed by atoms with Crippen LogP contribution in [0.5, 0.6) is 0 Å². The van der Waals surface area contributed by atoms with E-state index >= 15 is 0 Å². The first kappa shape index (κ1) is 25.4. The van der Waals surface area contributed by atoms with Crippen molar-refractivity contribution in [2.24, 2.45) is 12.0 Å². The van der Waals surface area contributed by atoms with Gasteiger partial charge in [-0.1, -0.05) is 90.5 Å². The molecule has 6 rings (SSSR count). The third-order valence-corrected chi connectivity index (χ3v) is 8.44. The van der Waals surface area contributed by atoms with E-state index in [4.69, 9.17) is 11.6 Å². The van der Waals surface area contributed by atoms with Crippen LogP contribution >= 0.6 is 11.6 Å². The standard InChI is InChI=1S/C36H33ClN2/c1-24-22-28-14-9-17-31-33(39(3)34(23-24)35(28)31)21-19-27-13-7-12-26(36(27)37)18-20-32(38-2)30-16-8-11-25-10-5-4-6-15-29(25)30/h5-6,8-11,14-23H,4,7,12-13H2,1-3H3/b20-18+,27-19+,33-21+,38-32?. The van der Waals surface area contributed by atoms with Crippen LogP contribution in [0.3, 0.4) is 0 Å². The van der Waals surface area contributed by atoms with Gasteiger partial charge in [0.1, 0.15) is 0 Å². The number of fused-ring (bicyclic) bond motifs is 1. The van der Waals surface area contributed by atoms with Gasteiger partial charge >= 0.3 is 0 Å². The number of allylic oxidation sites excluding steroid dienone is 8. The Balaban J connectivity index is 1.36. The molecular formula is C36H33ClN2. The second-order valence-electron chi connectivity index (χ2n) is 10.5. The zero-order valence-electron chi connectivity index (χ0n) is 22.8. The zero-order chi connectivity index (χ0) is 26.9. The second kappa shape index (κ2) is 10.7. The smallest absolute Gasteiger partial charge is 0.0649 e. The van der Waals surface area contributed by atoms with Gasteiger partial charge < -0.3 is 4.57 Å². The topological polar surface area (TPSA) is 17.3 Å². The van der Waals surface area contributed by atoms with Crippen molar-refractivity contribution in [3.05, 3.63) is 123 Å². The van der Waals surface area contributed by atoms with Crippen molar-refractivity contribution in [3.63, 3.8) is 0 Å². The molecule has 0 fully saturated rings. The lowest BCUT2D eigenvalue weighted by atomic mass is 9.92. The van der Waals surface area contributed by atoms with Crippen molar-refractivity contribution in [2.45, 2.75) is 32.6 Å². The van der Waals surface area contributed by atoms with Gasteiger partial charge in [-0.2, -0.15) is 0 Å². The van der Waals surface area contributed by atoms with Crippen molar-refractivity contribution in [1.29, 1.82) is 0 Å². The average Bonchev–Trinajstić information content (AvgIpc) is 3.08. The highest BCUT2D eigenvalue weighted by atomic mass is 35.5. The van der Waals surface area contributed by atoms with Crippen molar-refractivity contribution < 1.29 is 0 Å². The second-order valence-corrected chi connectivity index (χ2v) is 10.9. The molecule has 3 aromatic carbocycles. The Morgan fingerprint density at radius 2 is 1.85 bits per heavy atom. The summed E-state index contributed by atoms with van der Waals surface area (Å²) in [6.45, 7) is 2.16. The van der Waals surface area contributed by atoms with Crippen LogP contribution in [-0.4, -0.2) is 17.3 Å². The molecule has 39 heavy (non-hydrogen) atoms. The number of benzene rings is 3. The lowest BCUT2D eigenvalue weighted by Gasteiger charge is -2.17. The van der Waals surface area contributed by atoms with Gasteiger partial charge in [0.15, 0.2) is 0 Å². The SMILES string of the molecule is CN=C(/C=C/C1=C(Cl)C(=C/C=c2\c3cccc4cc(C)cc(c43)n2C)/CCC1)c1cccc2c1C=CCC=C2. The fourth-order valence-corrected chi connectivity index (χ4v) is 6.31. The minimum absolute atomic E-state index is 0.867. The molecule has 0 unspecified atom stereocenters. The summed E-state index contributed by atoms with van der Waals surface area (Å²) in [6, 6.07) is 17.6. The van der Waals surface area contributed by atoms with Crippen LogP contribution in [0.1, 0.15) is 47.9 Å². The van der Waals surface area contributed by atoms with Gasteiger partial charge in [-0.15, -0.1) is 0 Å². The van der Waals surface area contributed by atoms with Crippen molar-refractivity contribution in [2.75, 3.05) is 7.05 Å². The summed E-state index contributed by atoms with van der Waals surface area (Å²) in [5.41, 5.74) is 9.49. The fraction of sp³-hybridized carbons (Fsp3) is 0.194. The molecule has 0 bridgehead atoms. The van der Waals surface area contributed by atoms with Crippen molar-refractivity contribution in [1.82, 2.24) is 4.57 Å². The predicted octanol–water partition coefficient (Wildman–Crippen LogP) is 8.85. The molecule has 0 spiro atoms. The first-order valence-electron chi connectivity index (χ1n) is 13.7. The van der Waals surface area contributed by atoms with Gasteiger partial charge in [-0.05, 0) is 84.0 Å². The molecule has 0 N–H and O–H groups in total. The monoisotopic (exact) mass is 528 g/mol. The van der Waals surface area contributed by atoms with E-state index in [1.165, 1.54) is 54.9 Å². The summed E-state index contributed by atoms with van der Waals surface area (Å²) in [5, 5.41) is 6.00. The molecule has 0 aliphatic heterocycles. The highest BCUT2D eigenvalue weighted by molar-refractivity contribution is 6.32. The van der Waals surface area contributed by atoms with Crippen molar-refractivity contribution in [3.8, 4) is 0 Å². The molecule has 0 radical (unpaired) electrons.